The SMILES string of the molecule is CCCCCCCCCCCCCCCCCCNc1cc(C(=O)O)cc(C(=O)O)c1.[NaH].[NaH]. The van der Waals surface area contributed by atoms with Gasteiger partial charge in [-0.1, -0.05) is 103 Å². The first-order valence-corrected chi connectivity index (χ1v) is 12.4. The Morgan fingerprint density at radius 2 is 0.939 bits per heavy atom. The molecule has 0 saturated heterocycles. The first-order valence-electron chi connectivity index (χ1n) is 12.4. The predicted octanol–water partition coefficient (Wildman–Crippen LogP) is 6.46. The first-order chi connectivity index (χ1) is 15.0. The van der Waals surface area contributed by atoms with Crippen molar-refractivity contribution in [2.75, 3.05) is 11.9 Å². The fourth-order valence-electron chi connectivity index (χ4n) is 3.88. The number of carboxylic acid groups (broad SMARTS) is 2. The molecule has 0 amide bonds. The minimum atomic E-state index is -1.12. The van der Waals surface area contributed by atoms with Gasteiger partial charge >= 0.3 is 71.1 Å². The van der Waals surface area contributed by atoms with Crippen LogP contribution in [0.4, 0.5) is 5.69 Å². The van der Waals surface area contributed by atoms with E-state index >= 15 is 0 Å². The summed E-state index contributed by atoms with van der Waals surface area (Å²) in [6.45, 7) is 2.99. The van der Waals surface area contributed by atoms with E-state index in [2.05, 4.69) is 12.2 Å². The second-order valence-electron chi connectivity index (χ2n) is 8.64. The molecule has 3 N–H and O–H groups in total. The zero-order valence-corrected chi connectivity index (χ0v) is 19.5. The zero-order valence-electron chi connectivity index (χ0n) is 19.5. The average Bonchev–Trinajstić information content (AvgIpc) is 2.75. The summed E-state index contributed by atoms with van der Waals surface area (Å²) in [5, 5.41) is 21.4. The number of unbranched alkanes of at least 4 members (excludes halogenated alkanes) is 15. The monoisotopic (exact) mass is 481 g/mol. The Kier molecular flexibility index (Phi) is 25.2. The predicted molar refractivity (Wildman–Crippen MR) is 143 cm³/mol. The van der Waals surface area contributed by atoms with Crippen LogP contribution in [0.5, 0.6) is 0 Å². The van der Waals surface area contributed by atoms with Gasteiger partial charge in [0, 0.05) is 12.2 Å². The van der Waals surface area contributed by atoms with Gasteiger partial charge in [0.25, 0.3) is 0 Å². The second kappa shape index (κ2) is 23.7. The van der Waals surface area contributed by atoms with E-state index in [1.807, 2.05) is 0 Å². The quantitative estimate of drug-likeness (QED) is 0.147. The van der Waals surface area contributed by atoms with Crippen molar-refractivity contribution in [1.82, 2.24) is 0 Å². The van der Waals surface area contributed by atoms with Crippen molar-refractivity contribution in [1.29, 1.82) is 0 Å². The zero-order chi connectivity index (χ0) is 22.7. The number of benzene rings is 1. The third kappa shape index (κ3) is 18.9. The molecule has 0 aliphatic carbocycles. The summed E-state index contributed by atoms with van der Waals surface area (Å²) in [5.41, 5.74) is 0.544. The molecule has 0 bridgehead atoms. The Morgan fingerprint density at radius 1 is 0.606 bits per heavy atom. The molecule has 7 heteroatoms. The van der Waals surface area contributed by atoms with Crippen LogP contribution in [0.25, 0.3) is 0 Å². The Morgan fingerprint density at radius 3 is 1.27 bits per heavy atom. The molecule has 0 saturated carbocycles. The van der Waals surface area contributed by atoms with Crippen molar-refractivity contribution < 1.29 is 19.8 Å². The summed E-state index contributed by atoms with van der Waals surface area (Å²) < 4.78 is 0. The van der Waals surface area contributed by atoms with Crippen LogP contribution in [0.2, 0.25) is 0 Å². The van der Waals surface area contributed by atoms with Crippen LogP contribution in [0, 0.1) is 0 Å². The Bertz CT molecular complexity index is 608. The van der Waals surface area contributed by atoms with Gasteiger partial charge in [0.05, 0.1) is 11.1 Å². The Hall–Kier alpha value is -0.0400. The average molecular weight is 482 g/mol. The van der Waals surface area contributed by atoms with E-state index in [4.69, 9.17) is 10.2 Å². The van der Waals surface area contributed by atoms with Crippen LogP contribution in [0.15, 0.2) is 18.2 Å². The van der Waals surface area contributed by atoms with Crippen molar-refractivity contribution >= 4 is 76.7 Å². The van der Waals surface area contributed by atoms with Crippen LogP contribution in [0.1, 0.15) is 130 Å². The number of carboxylic acids is 2. The molecule has 0 unspecified atom stereocenters. The molecule has 1 aromatic rings. The van der Waals surface area contributed by atoms with Crippen molar-refractivity contribution in [2.45, 2.75) is 110 Å². The standard InChI is InChI=1S/C26H43NO4.2Na.2H/c1-2-3-4-5-6-7-8-9-10-11-12-13-14-15-16-17-18-27-24-20-22(25(28)29)19-23(21-24)26(30)31;;;;/h19-21,27H,2-18H2,1H3,(H,28,29)(H,30,31);;;;. The maximum absolute atomic E-state index is 11.1. The van der Waals surface area contributed by atoms with Crippen molar-refractivity contribution in [3.05, 3.63) is 29.3 Å². The number of carbonyl (C=O) groups is 2. The van der Waals surface area contributed by atoms with Crippen LogP contribution in [0.3, 0.4) is 0 Å². The molecular weight excluding hydrogens is 436 g/mol. The molecule has 0 spiro atoms. The van der Waals surface area contributed by atoms with Crippen molar-refractivity contribution in [3.63, 3.8) is 0 Å². The third-order valence-electron chi connectivity index (χ3n) is 5.79. The van der Waals surface area contributed by atoms with E-state index < -0.39 is 11.9 Å². The van der Waals surface area contributed by atoms with E-state index in [0.29, 0.717) is 5.69 Å². The fraction of sp³-hybridized carbons (Fsp3) is 0.692. The number of rotatable bonds is 20. The number of aromatic carboxylic acids is 2. The Balaban J connectivity index is 0. The molecule has 0 aliphatic rings. The molecule has 0 fully saturated rings. The van der Waals surface area contributed by atoms with Gasteiger partial charge in [-0.25, -0.2) is 9.59 Å². The van der Waals surface area contributed by atoms with Crippen LogP contribution < -0.4 is 5.32 Å². The van der Waals surface area contributed by atoms with E-state index in [-0.39, 0.29) is 70.2 Å². The minimum absolute atomic E-state index is 0. The molecule has 0 heterocycles. The molecule has 0 radical (unpaired) electrons. The molecule has 180 valence electrons. The fourth-order valence-corrected chi connectivity index (χ4v) is 3.88. The van der Waals surface area contributed by atoms with Gasteiger partial charge in [0.2, 0.25) is 0 Å². The van der Waals surface area contributed by atoms with Crippen molar-refractivity contribution in [2.24, 2.45) is 0 Å². The van der Waals surface area contributed by atoms with Gasteiger partial charge in [-0.05, 0) is 24.6 Å². The van der Waals surface area contributed by atoms with E-state index in [9.17, 15) is 9.59 Å². The second-order valence-corrected chi connectivity index (χ2v) is 8.64. The number of hydrogen-bond acceptors (Lipinski definition) is 3. The van der Waals surface area contributed by atoms with Crippen LogP contribution in [-0.4, -0.2) is 87.8 Å². The van der Waals surface area contributed by atoms with Crippen LogP contribution >= 0.6 is 0 Å². The van der Waals surface area contributed by atoms with Crippen molar-refractivity contribution in [3.8, 4) is 0 Å². The number of hydrogen-bond donors (Lipinski definition) is 3. The summed E-state index contributed by atoms with van der Waals surface area (Å²) in [7, 11) is 0. The number of anilines is 1. The molecule has 1 aromatic carbocycles. The topological polar surface area (TPSA) is 86.6 Å². The van der Waals surface area contributed by atoms with Gasteiger partial charge in [-0.2, -0.15) is 0 Å². The molecule has 0 aliphatic heterocycles. The van der Waals surface area contributed by atoms with Crippen LogP contribution in [-0.2, 0) is 0 Å². The third-order valence-corrected chi connectivity index (χ3v) is 5.79. The maximum atomic E-state index is 11.1. The molecule has 5 nitrogen and oxygen atoms in total. The summed E-state index contributed by atoms with van der Waals surface area (Å²) in [5.74, 6) is -2.23. The van der Waals surface area contributed by atoms with Gasteiger partial charge in [0.1, 0.15) is 0 Å². The summed E-state index contributed by atoms with van der Waals surface area (Å²) in [6, 6.07) is 4.16. The molecule has 33 heavy (non-hydrogen) atoms. The molecule has 0 aromatic heterocycles. The number of nitrogens with one attached hydrogen (secondary N) is 1. The molecule has 0 atom stereocenters. The summed E-state index contributed by atoms with van der Waals surface area (Å²) in [6.07, 6.45) is 21.2. The van der Waals surface area contributed by atoms with Gasteiger partial charge < -0.3 is 15.5 Å². The Labute approximate surface area is 245 Å². The van der Waals surface area contributed by atoms with E-state index in [1.165, 1.54) is 108 Å². The summed E-state index contributed by atoms with van der Waals surface area (Å²) in [4.78, 5) is 22.3. The normalized spacial score (nSPS) is 10.2. The van der Waals surface area contributed by atoms with E-state index in [1.54, 1.807) is 0 Å². The van der Waals surface area contributed by atoms with Gasteiger partial charge in [0.15, 0.2) is 0 Å². The molecular formula is C26H45NNa2O4. The first kappa shape index (κ1) is 35.1. The molecule has 1 rings (SSSR count). The summed E-state index contributed by atoms with van der Waals surface area (Å²) >= 11 is 0. The van der Waals surface area contributed by atoms with Gasteiger partial charge in [-0.3, -0.25) is 0 Å². The van der Waals surface area contributed by atoms with E-state index in [0.717, 1.165) is 19.4 Å². The van der Waals surface area contributed by atoms with Gasteiger partial charge in [-0.15, -0.1) is 0 Å².